The van der Waals surface area contributed by atoms with Gasteiger partial charge in [0.2, 0.25) is 0 Å². The summed E-state index contributed by atoms with van der Waals surface area (Å²) in [7, 11) is 0. The predicted octanol–water partition coefficient (Wildman–Crippen LogP) is 3.70. The number of rotatable bonds is 5. The van der Waals surface area contributed by atoms with Gasteiger partial charge in [-0.15, -0.1) is 0 Å². The van der Waals surface area contributed by atoms with Gasteiger partial charge < -0.3 is 5.32 Å². The van der Waals surface area contributed by atoms with E-state index in [2.05, 4.69) is 48.1 Å². The lowest BCUT2D eigenvalue weighted by Gasteiger charge is -2.35. The van der Waals surface area contributed by atoms with Gasteiger partial charge in [-0.3, -0.25) is 4.90 Å². The molecule has 3 heteroatoms. The van der Waals surface area contributed by atoms with Gasteiger partial charge in [-0.1, -0.05) is 33.3 Å². The van der Waals surface area contributed by atoms with E-state index in [0.717, 1.165) is 18.9 Å². The first-order valence-corrected chi connectivity index (χ1v) is 7.65. The molecule has 1 aliphatic rings. The third-order valence-corrected chi connectivity index (χ3v) is 3.90. The Labute approximate surface area is 117 Å². The minimum Gasteiger partial charge on any atom is -0.370 e. The molecule has 0 spiro atoms. The van der Waals surface area contributed by atoms with Crippen LogP contribution in [0.3, 0.4) is 0 Å². The van der Waals surface area contributed by atoms with Crippen molar-refractivity contribution in [2.75, 3.05) is 25.0 Å². The Hall–Kier alpha value is -1.09. The molecule has 2 rings (SSSR count). The maximum Gasteiger partial charge on any atom is 0.130 e. The third kappa shape index (κ3) is 3.69. The summed E-state index contributed by atoms with van der Waals surface area (Å²) < 4.78 is 0. The van der Waals surface area contributed by atoms with Crippen molar-refractivity contribution in [2.45, 2.75) is 46.1 Å². The maximum absolute atomic E-state index is 4.56. The van der Waals surface area contributed by atoms with Gasteiger partial charge in [0.1, 0.15) is 5.82 Å². The molecule has 2 heterocycles. The molecule has 3 nitrogen and oxygen atoms in total. The molecule has 19 heavy (non-hydrogen) atoms. The van der Waals surface area contributed by atoms with E-state index in [4.69, 9.17) is 0 Å². The van der Waals surface area contributed by atoms with Crippen LogP contribution < -0.4 is 5.32 Å². The van der Waals surface area contributed by atoms with Crippen molar-refractivity contribution in [2.24, 2.45) is 5.92 Å². The molecule has 0 aliphatic carbocycles. The lowest BCUT2D eigenvalue weighted by molar-refractivity contribution is 0.157. The third-order valence-electron chi connectivity index (χ3n) is 3.90. The van der Waals surface area contributed by atoms with Gasteiger partial charge in [0.05, 0.1) is 0 Å². The van der Waals surface area contributed by atoms with Gasteiger partial charge in [-0.2, -0.15) is 0 Å². The minimum atomic E-state index is 0.544. The van der Waals surface area contributed by atoms with E-state index in [1.54, 1.807) is 0 Å². The fraction of sp³-hybridized carbons (Fsp3) is 0.688. The van der Waals surface area contributed by atoms with E-state index in [-0.39, 0.29) is 0 Å². The normalized spacial score (nSPS) is 20.7. The number of likely N-dealkylation sites (tertiary alicyclic amines) is 1. The summed E-state index contributed by atoms with van der Waals surface area (Å²) in [5, 5.41) is 3.52. The highest BCUT2D eigenvalue weighted by Crippen LogP contribution is 2.33. The second-order valence-electron chi connectivity index (χ2n) is 5.86. The van der Waals surface area contributed by atoms with Crippen LogP contribution in [0.5, 0.6) is 0 Å². The van der Waals surface area contributed by atoms with E-state index in [9.17, 15) is 0 Å². The number of hydrogen-bond acceptors (Lipinski definition) is 3. The highest BCUT2D eigenvalue weighted by molar-refractivity contribution is 5.45. The van der Waals surface area contributed by atoms with Gasteiger partial charge >= 0.3 is 0 Å². The number of anilines is 1. The Bertz CT molecular complexity index is 389. The summed E-state index contributed by atoms with van der Waals surface area (Å²) >= 11 is 0. The Kier molecular flexibility index (Phi) is 5.20. The van der Waals surface area contributed by atoms with Gasteiger partial charge in [-0.05, 0) is 37.9 Å². The highest BCUT2D eigenvalue weighted by Gasteiger charge is 2.24. The number of nitrogens with zero attached hydrogens (tertiary/aromatic N) is 2. The van der Waals surface area contributed by atoms with Crippen molar-refractivity contribution < 1.29 is 0 Å². The van der Waals surface area contributed by atoms with Crippen LogP contribution in [0, 0.1) is 5.92 Å². The summed E-state index contributed by atoms with van der Waals surface area (Å²) in [6.45, 7) is 10.1. The first-order valence-electron chi connectivity index (χ1n) is 7.65. The largest absolute Gasteiger partial charge is 0.370 e. The first kappa shape index (κ1) is 14.3. The number of hydrogen-bond donors (Lipinski definition) is 1. The molecule has 0 saturated carbocycles. The van der Waals surface area contributed by atoms with Crippen LogP contribution in [0.4, 0.5) is 5.82 Å². The van der Waals surface area contributed by atoms with Crippen molar-refractivity contribution in [1.29, 1.82) is 0 Å². The van der Waals surface area contributed by atoms with Crippen molar-refractivity contribution >= 4 is 5.82 Å². The van der Waals surface area contributed by atoms with Crippen molar-refractivity contribution in [3.05, 3.63) is 23.9 Å². The molecular formula is C16H27N3. The van der Waals surface area contributed by atoms with Crippen LogP contribution in [0.2, 0.25) is 0 Å². The topological polar surface area (TPSA) is 28.2 Å². The quantitative estimate of drug-likeness (QED) is 0.876. The smallest absolute Gasteiger partial charge is 0.130 e. The highest BCUT2D eigenvalue weighted by atomic mass is 15.2. The molecule has 106 valence electrons. The second kappa shape index (κ2) is 6.90. The molecular weight excluding hydrogens is 234 g/mol. The van der Waals surface area contributed by atoms with Gasteiger partial charge in [0, 0.05) is 24.3 Å². The summed E-state index contributed by atoms with van der Waals surface area (Å²) in [6.07, 6.45) is 5.82. The summed E-state index contributed by atoms with van der Waals surface area (Å²) in [5.74, 6) is 1.73. The lowest BCUT2D eigenvalue weighted by atomic mass is 9.95. The molecule has 0 radical (unpaired) electrons. The van der Waals surface area contributed by atoms with Crippen LogP contribution in [-0.4, -0.2) is 29.5 Å². The molecule has 0 amide bonds. The number of piperidine rings is 1. The van der Waals surface area contributed by atoms with Crippen molar-refractivity contribution in [3.8, 4) is 0 Å². The summed E-state index contributed by atoms with van der Waals surface area (Å²) in [6, 6.07) is 4.86. The molecule has 1 saturated heterocycles. The van der Waals surface area contributed by atoms with Crippen molar-refractivity contribution in [3.63, 3.8) is 0 Å². The zero-order valence-corrected chi connectivity index (χ0v) is 12.5. The molecule has 1 aromatic heterocycles. The van der Waals surface area contributed by atoms with Crippen LogP contribution in [0.25, 0.3) is 0 Å². The lowest BCUT2D eigenvalue weighted by Crippen LogP contribution is -2.33. The van der Waals surface area contributed by atoms with Crippen LogP contribution in [0.1, 0.15) is 51.6 Å². The van der Waals surface area contributed by atoms with Crippen LogP contribution in [-0.2, 0) is 0 Å². The number of pyridine rings is 1. The average molecular weight is 261 g/mol. The summed E-state index contributed by atoms with van der Waals surface area (Å²) in [4.78, 5) is 7.14. The Morgan fingerprint density at radius 1 is 1.42 bits per heavy atom. The van der Waals surface area contributed by atoms with E-state index in [1.165, 1.54) is 31.4 Å². The fourth-order valence-corrected chi connectivity index (χ4v) is 2.86. The molecule has 1 atom stereocenters. The number of aromatic nitrogens is 1. The zero-order valence-electron chi connectivity index (χ0n) is 12.5. The molecule has 0 aromatic carbocycles. The zero-order chi connectivity index (χ0) is 13.7. The summed E-state index contributed by atoms with van der Waals surface area (Å²) in [5.41, 5.74) is 1.38. The predicted molar refractivity (Wildman–Crippen MR) is 81.4 cm³/mol. The Morgan fingerprint density at radius 3 is 3.00 bits per heavy atom. The molecule has 1 aliphatic heterocycles. The minimum absolute atomic E-state index is 0.544. The first-order chi connectivity index (χ1) is 9.22. The standard InChI is InChI=1S/C16H27N3/c1-4-19-11-6-5-9-15(19)14-8-7-10-17-16(14)18-12-13(2)3/h7-8,10,13,15H,4-6,9,11-12H2,1-3H3,(H,17,18)/t15-/m0/s1. The van der Waals surface area contributed by atoms with E-state index in [0.29, 0.717) is 12.0 Å². The Morgan fingerprint density at radius 2 is 2.26 bits per heavy atom. The molecule has 1 N–H and O–H groups in total. The van der Waals surface area contributed by atoms with E-state index < -0.39 is 0 Å². The SMILES string of the molecule is CCN1CCCC[C@H]1c1cccnc1NCC(C)C. The Balaban J connectivity index is 2.17. The second-order valence-corrected chi connectivity index (χ2v) is 5.86. The fourth-order valence-electron chi connectivity index (χ4n) is 2.86. The maximum atomic E-state index is 4.56. The number of nitrogens with one attached hydrogen (secondary N) is 1. The van der Waals surface area contributed by atoms with Gasteiger partial charge in [-0.25, -0.2) is 4.98 Å². The van der Waals surface area contributed by atoms with E-state index >= 15 is 0 Å². The molecule has 0 bridgehead atoms. The average Bonchev–Trinajstić information content (AvgIpc) is 2.45. The van der Waals surface area contributed by atoms with E-state index in [1.807, 2.05) is 6.20 Å². The van der Waals surface area contributed by atoms with Gasteiger partial charge in [0.15, 0.2) is 0 Å². The van der Waals surface area contributed by atoms with Gasteiger partial charge in [0.25, 0.3) is 0 Å². The van der Waals surface area contributed by atoms with Crippen molar-refractivity contribution in [1.82, 2.24) is 9.88 Å². The molecule has 1 aromatic rings. The monoisotopic (exact) mass is 261 g/mol. The van der Waals surface area contributed by atoms with Crippen LogP contribution >= 0.6 is 0 Å². The van der Waals surface area contributed by atoms with Crippen LogP contribution in [0.15, 0.2) is 18.3 Å². The molecule has 1 fully saturated rings. The molecule has 0 unspecified atom stereocenters.